The van der Waals surface area contributed by atoms with Crippen molar-refractivity contribution >= 4 is 11.7 Å². The third-order valence-corrected chi connectivity index (χ3v) is 5.23. The molecule has 0 unspecified atom stereocenters. The van der Waals surface area contributed by atoms with Gasteiger partial charge in [0.05, 0.1) is 11.9 Å². The number of aromatic nitrogens is 2. The van der Waals surface area contributed by atoms with Crippen molar-refractivity contribution in [2.45, 2.75) is 25.4 Å². The zero-order valence-corrected chi connectivity index (χ0v) is 16.1. The predicted octanol–water partition coefficient (Wildman–Crippen LogP) is 3.00. The van der Waals surface area contributed by atoms with Gasteiger partial charge in [-0.3, -0.25) is 4.79 Å². The highest BCUT2D eigenvalue weighted by atomic mass is 19.1. The van der Waals surface area contributed by atoms with E-state index in [1.807, 2.05) is 30.3 Å². The Morgan fingerprint density at radius 3 is 2.93 bits per heavy atom. The van der Waals surface area contributed by atoms with Crippen molar-refractivity contribution in [3.05, 3.63) is 76.9 Å². The molecule has 1 heterocycles. The normalized spacial score (nSPS) is 15.2. The van der Waals surface area contributed by atoms with Crippen LogP contribution in [0.15, 0.2) is 48.7 Å². The average molecular weight is 391 g/mol. The lowest BCUT2D eigenvalue weighted by molar-refractivity contribution is 0.0959. The molecule has 0 radical (unpaired) electrons. The molecule has 0 aliphatic heterocycles. The minimum atomic E-state index is -0.373. The number of halogens is 1. The van der Waals surface area contributed by atoms with Crippen LogP contribution in [-0.2, 0) is 13.0 Å². The van der Waals surface area contributed by atoms with Crippen LogP contribution in [0.3, 0.4) is 0 Å². The number of hydrogen-bond donors (Lipinski definition) is 3. The van der Waals surface area contributed by atoms with E-state index in [-0.39, 0.29) is 29.3 Å². The molecule has 7 heteroatoms. The van der Waals surface area contributed by atoms with E-state index in [1.165, 1.54) is 13.1 Å². The Bertz CT molecular complexity index is 1070. The summed E-state index contributed by atoms with van der Waals surface area (Å²) in [6.45, 7) is 0.638. The first-order valence-corrected chi connectivity index (χ1v) is 9.51. The number of fused-ring (bicyclic) bond motifs is 1. The fourth-order valence-electron chi connectivity index (χ4n) is 3.73. The summed E-state index contributed by atoms with van der Waals surface area (Å²) in [7, 11) is 1.52. The first-order valence-electron chi connectivity index (χ1n) is 9.51. The van der Waals surface area contributed by atoms with Gasteiger partial charge in [-0.05, 0) is 41.7 Å². The largest absolute Gasteiger partial charge is 0.382 e. The zero-order valence-electron chi connectivity index (χ0n) is 16.1. The second kappa shape index (κ2) is 7.97. The van der Waals surface area contributed by atoms with Gasteiger partial charge >= 0.3 is 0 Å². The molecule has 0 fully saturated rings. The summed E-state index contributed by atoms with van der Waals surface area (Å²) in [5, 5.41) is 6.04. The van der Waals surface area contributed by atoms with Gasteiger partial charge in [0.2, 0.25) is 0 Å². The highest BCUT2D eigenvalue weighted by Gasteiger charge is 2.24. The van der Waals surface area contributed by atoms with Crippen molar-refractivity contribution in [1.82, 2.24) is 20.6 Å². The van der Waals surface area contributed by atoms with Crippen LogP contribution in [-0.4, -0.2) is 22.9 Å². The molecule has 4 N–H and O–H groups in total. The van der Waals surface area contributed by atoms with E-state index in [9.17, 15) is 9.18 Å². The van der Waals surface area contributed by atoms with Gasteiger partial charge < -0.3 is 16.4 Å². The summed E-state index contributed by atoms with van der Waals surface area (Å²) in [6.07, 6.45) is 3.20. The van der Waals surface area contributed by atoms with Crippen molar-refractivity contribution in [1.29, 1.82) is 0 Å². The fraction of sp³-hybridized carbons (Fsp3) is 0.227. The third kappa shape index (κ3) is 3.82. The summed E-state index contributed by atoms with van der Waals surface area (Å²) in [6, 6.07) is 13.3. The molecule has 1 amide bonds. The standard InChI is InChI=1S/C22H22FN5O/c1-25-22(29)20-21(24)27-12-19(28-20)14-5-2-4-13(10-14)11-26-18-9-8-15-16(18)6-3-7-17(15)23/h2-7,10,12,18,26H,8-9,11H2,1H3,(H2,24,27)(H,25,29)/t18-/m0/s1. The molecule has 1 aliphatic carbocycles. The summed E-state index contributed by atoms with van der Waals surface area (Å²) in [4.78, 5) is 20.4. The molecule has 4 rings (SSSR count). The van der Waals surface area contributed by atoms with Crippen LogP contribution in [0.2, 0.25) is 0 Å². The Labute approximate surface area is 168 Å². The van der Waals surface area contributed by atoms with E-state index in [4.69, 9.17) is 5.73 Å². The number of nitrogens with zero attached hydrogens (tertiary/aromatic N) is 2. The zero-order chi connectivity index (χ0) is 20.4. The van der Waals surface area contributed by atoms with Crippen molar-refractivity contribution in [2.24, 2.45) is 0 Å². The van der Waals surface area contributed by atoms with Crippen molar-refractivity contribution in [3.8, 4) is 11.3 Å². The Kier molecular flexibility index (Phi) is 5.22. The first-order chi connectivity index (χ1) is 14.1. The number of carbonyl (C=O) groups excluding carboxylic acids is 1. The molecule has 1 aromatic heterocycles. The summed E-state index contributed by atoms with van der Waals surface area (Å²) < 4.78 is 13.9. The van der Waals surface area contributed by atoms with Gasteiger partial charge in [-0.2, -0.15) is 0 Å². The molecule has 1 aliphatic rings. The van der Waals surface area contributed by atoms with E-state index in [0.717, 1.165) is 35.1 Å². The van der Waals surface area contributed by atoms with Gasteiger partial charge in [0.1, 0.15) is 5.82 Å². The number of hydrogen-bond acceptors (Lipinski definition) is 5. The predicted molar refractivity (Wildman–Crippen MR) is 110 cm³/mol. The third-order valence-electron chi connectivity index (χ3n) is 5.23. The van der Waals surface area contributed by atoms with Gasteiger partial charge in [0, 0.05) is 25.2 Å². The van der Waals surface area contributed by atoms with Crippen LogP contribution in [0.5, 0.6) is 0 Å². The number of nitrogens with two attached hydrogens (primary N) is 1. The van der Waals surface area contributed by atoms with Crippen molar-refractivity contribution < 1.29 is 9.18 Å². The molecule has 0 bridgehead atoms. The topological polar surface area (TPSA) is 92.9 Å². The summed E-state index contributed by atoms with van der Waals surface area (Å²) in [5.74, 6) is -0.400. The van der Waals surface area contributed by atoms with Crippen LogP contribution in [0, 0.1) is 5.82 Å². The lowest BCUT2D eigenvalue weighted by Gasteiger charge is -2.15. The number of carbonyl (C=O) groups is 1. The molecule has 1 atom stereocenters. The molecular formula is C22H22FN5O. The second-order valence-corrected chi connectivity index (χ2v) is 7.05. The Morgan fingerprint density at radius 2 is 2.10 bits per heavy atom. The molecule has 29 heavy (non-hydrogen) atoms. The Hall–Kier alpha value is -3.32. The second-order valence-electron chi connectivity index (χ2n) is 7.05. The molecule has 0 saturated heterocycles. The van der Waals surface area contributed by atoms with Gasteiger partial charge in [0.15, 0.2) is 11.5 Å². The van der Waals surface area contributed by atoms with E-state index in [0.29, 0.717) is 12.2 Å². The number of anilines is 1. The SMILES string of the molecule is CNC(=O)c1nc(-c2cccc(CN[C@H]3CCc4c(F)cccc43)c2)cnc1N. The van der Waals surface area contributed by atoms with Crippen LogP contribution < -0.4 is 16.4 Å². The molecule has 3 aromatic rings. The lowest BCUT2D eigenvalue weighted by Crippen LogP contribution is -2.21. The average Bonchev–Trinajstić information content (AvgIpc) is 3.17. The Balaban J connectivity index is 1.52. The monoisotopic (exact) mass is 391 g/mol. The van der Waals surface area contributed by atoms with Crippen LogP contribution in [0.25, 0.3) is 11.3 Å². The smallest absolute Gasteiger partial charge is 0.273 e. The summed E-state index contributed by atoms with van der Waals surface area (Å²) in [5.41, 5.74) is 10.2. The highest BCUT2D eigenvalue weighted by Crippen LogP contribution is 2.33. The number of nitrogen functional groups attached to an aromatic ring is 1. The quantitative estimate of drug-likeness (QED) is 0.622. The summed E-state index contributed by atoms with van der Waals surface area (Å²) >= 11 is 0. The van der Waals surface area contributed by atoms with E-state index in [1.54, 1.807) is 12.3 Å². The van der Waals surface area contributed by atoms with Crippen LogP contribution >= 0.6 is 0 Å². The van der Waals surface area contributed by atoms with Gasteiger partial charge in [0.25, 0.3) is 5.91 Å². The van der Waals surface area contributed by atoms with Crippen molar-refractivity contribution in [2.75, 3.05) is 12.8 Å². The number of benzene rings is 2. The van der Waals surface area contributed by atoms with Gasteiger partial charge in [-0.25, -0.2) is 14.4 Å². The lowest BCUT2D eigenvalue weighted by atomic mass is 10.1. The maximum absolute atomic E-state index is 13.9. The van der Waals surface area contributed by atoms with Crippen LogP contribution in [0.4, 0.5) is 10.2 Å². The first kappa shape index (κ1) is 19.0. The van der Waals surface area contributed by atoms with E-state index in [2.05, 4.69) is 20.6 Å². The highest BCUT2D eigenvalue weighted by molar-refractivity contribution is 5.96. The minimum absolute atomic E-state index is 0.0954. The molecule has 2 aromatic carbocycles. The maximum Gasteiger partial charge on any atom is 0.273 e. The van der Waals surface area contributed by atoms with Crippen molar-refractivity contribution in [3.63, 3.8) is 0 Å². The fourth-order valence-corrected chi connectivity index (χ4v) is 3.73. The van der Waals surface area contributed by atoms with Crippen LogP contribution in [0.1, 0.15) is 39.6 Å². The number of nitrogens with one attached hydrogen (secondary N) is 2. The number of rotatable bonds is 5. The molecule has 6 nitrogen and oxygen atoms in total. The molecule has 0 saturated carbocycles. The van der Waals surface area contributed by atoms with Gasteiger partial charge in [-0.1, -0.05) is 30.3 Å². The molecule has 0 spiro atoms. The van der Waals surface area contributed by atoms with E-state index >= 15 is 0 Å². The molecular weight excluding hydrogens is 369 g/mol. The van der Waals surface area contributed by atoms with Gasteiger partial charge in [-0.15, -0.1) is 0 Å². The van der Waals surface area contributed by atoms with E-state index < -0.39 is 0 Å². The number of amides is 1. The Morgan fingerprint density at radius 1 is 1.28 bits per heavy atom. The molecule has 148 valence electrons. The maximum atomic E-state index is 13.9. The minimum Gasteiger partial charge on any atom is -0.382 e.